The van der Waals surface area contributed by atoms with E-state index in [-0.39, 0.29) is 11.9 Å². The Hall–Kier alpha value is -2.01. The van der Waals surface area contributed by atoms with E-state index in [0.29, 0.717) is 17.0 Å². The van der Waals surface area contributed by atoms with Crippen molar-refractivity contribution in [2.45, 2.75) is 18.9 Å². The summed E-state index contributed by atoms with van der Waals surface area (Å²) in [5.74, 6) is 0.555. The van der Waals surface area contributed by atoms with E-state index >= 15 is 0 Å². The summed E-state index contributed by atoms with van der Waals surface area (Å²) in [6.07, 6.45) is 2.05. The van der Waals surface area contributed by atoms with Gasteiger partial charge in [-0.15, -0.1) is 11.3 Å². The molecule has 1 atom stereocenters. The summed E-state index contributed by atoms with van der Waals surface area (Å²) < 4.78 is 5.31. The Balaban J connectivity index is 1.91. The lowest BCUT2D eigenvalue weighted by Gasteiger charge is -2.24. The van der Waals surface area contributed by atoms with Crippen LogP contribution in [0.25, 0.3) is 0 Å². The van der Waals surface area contributed by atoms with Gasteiger partial charge in [-0.2, -0.15) is 0 Å². The van der Waals surface area contributed by atoms with Crippen LogP contribution >= 0.6 is 11.3 Å². The molecule has 110 valence electrons. The molecule has 2 heterocycles. The van der Waals surface area contributed by atoms with E-state index in [0.717, 1.165) is 19.4 Å². The van der Waals surface area contributed by atoms with E-state index in [9.17, 15) is 4.79 Å². The molecule has 1 aromatic heterocycles. The number of carbonyl (C=O) groups is 1. The number of nitrogen functional groups attached to an aromatic ring is 1. The number of likely N-dealkylation sites (tertiary alicyclic amines) is 1. The monoisotopic (exact) mass is 302 g/mol. The van der Waals surface area contributed by atoms with Crippen LogP contribution in [0.2, 0.25) is 0 Å². The molecule has 0 spiro atoms. The van der Waals surface area contributed by atoms with Crippen LogP contribution in [0, 0.1) is 0 Å². The van der Waals surface area contributed by atoms with Crippen LogP contribution in [0.1, 0.15) is 34.1 Å². The molecule has 1 aromatic carbocycles. The third-order valence-corrected chi connectivity index (χ3v) is 4.81. The van der Waals surface area contributed by atoms with Crippen LogP contribution in [0.5, 0.6) is 5.75 Å². The lowest BCUT2D eigenvalue weighted by molar-refractivity contribution is 0.0734. The number of anilines is 1. The second-order valence-electron chi connectivity index (χ2n) is 5.13. The molecule has 1 fully saturated rings. The van der Waals surface area contributed by atoms with Gasteiger partial charge in [0, 0.05) is 23.2 Å². The molecule has 0 bridgehead atoms. The molecule has 5 heteroatoms. The van der Waals surface area contributed by atoms with E-state index in [2.05, 4.69) is 11.4 Å². The number of carbonyl (C=O) groups excluding carboxylic acids is 1. The van der Waals surface area contributed by atoms with E-state index in [1.165, 1.54) is 4.88 Å². The molecule has 2 N–H and O–H groups in total. The Labute approximate surface area is 128 Å². The molecule has 1 saturated heterocycles. The molecule has 1 amide bonds. The second kappa shape index (κ2) is 5.77. The maximum Gasteiger partial charge on any atom is 0.258 e. The SMILES string of the molecule is COc1cc(N)ccc1C(=O)N1CCCC1c1cccs1. The summed E-state index contributed by atoms with van der Waals surface area (Å²) in [6, 6.07) is 9.50. The van der Waals surface area contributed by atoms with Crippen molar-refractivity contribution in [1.82, 2.24) is 4.90 Å². The van der Waals surface area contributed by atoms with Gasteiger partial charge in [0.05, 0.1) is 18.7 Å². The minimum atomic E-state index is 0.0164. The van der Waals surface area contributed by atoms with E-state index < -0.39 is 0 Å². The van der Waals surface area contributed by atoms with Crippen molar-refractivity contribution in [3.8, 4) is 5.75 Å². The summed E-state index contributed by atoms with van der Waals surface area (Å²) in [7, 11) is 1.56. The molecule has 3 rings (SSSR count). The van der Waals surface area contributed by atoms with Crippen molar-refractivity contribution in [2.75, 3.05) is 19.4 Å². The van der Waals surface area contributed by atoms with Gasteiger partial charge in [-0.25, -0.2) is 0 Å². The first kappa shape index (κ1) is 13.9. The molecule has 1 aliphatic rings. The van der Waals surface area contributed by atoms with Gasteiger partial charge in [-0.3, -0.25) is 4.79 Å². The number of hydrogen-bond donors (Lipinski definition) is 1. The molecule has 0 saturated carbocycles. The largest absolute Gasteiger partial charge is 0.496 e. The van der Waals surface area contributed by atoms with Crippen LogP contribution in [0.15, 0.2) is 35.7 Å². The summed E-state index contributed by atoms with van der Waals surface area (Å²) in [6.45, 7) is 0.787. The molecule has 1 unspecified atom stereocenters. The van der Waals surface area contributed by atoms with Gasteiger partial charge in [0.2, 0.25) is 0 Å². The Kier molecular flexibility index (Phi) is 3.84. The lowest BCUT2D eigenvalue weighted by Crippen LogP contribution is -2.30. The second-order valence-corrected chi connectivity index (χ2v) is 6.11. The highest BCUT2D eigenvalue weighted by Gasteiger charge is 2.32. The topological polar surface area (TPSA) is 55.6 Å². The number of nitrogens with two attached hydrogens (primary N) is 1. The Morgan fingerprint density at radius 1 is 1.43 bits per heavy atom. The Morgan fingerprint density at radius 2 is 2.29 bits per heavy atom. The van der Waals surface area contributed by atoms with Crippen molar-refractivity contribution in [2.24, 2.45) is 0 Å². The smallest absolute Gasteiger partial charge is 0.258 e. The summed E-state index contributed by atoms with van der Waals surface area (Å²) in [4.78, 5) is 16.0. The summed E-state index contributed by atoms with van der Waals surface area (Å²) in [5, 5.41) is 2.06. The van der Waals surface area contributed by atoms with E-state index in [4.69, 9.17) is 10.5 Å². The molecule has 21 heavy (non-hydrogen) atoms. The quantitative estimate of drug-likeness (QED) is 0.885. The van der Waals surface area contributed by atoms with Crippen LogP contribution < -0.4 is 10.5 Å². The minimum absolute atomic E-state index is 0.0164. The third-order valence-electron chi connectivity index (χ3n) is 3.84. The highest BCUT2D eigenvalue weighted by Crippen LogP contribution is 2.36. The number of amides is 1. The first-order valence-electron chi connectivity index (χ1n) is 6.98. The molecular weight excluding hydrogens is 284 g/mol. The number of hydrogen-bond acceptors (Lipinski definition) is 4. The Morgan fingerprint density at radius 3 is 3.00 bits per heavy atom. The van der Waals surface area contributed by atoms with Crippen molar-refractivity contribution in [1.29, 1.82) is 0 Å². The zero-order valence-electron chi connectivity index (χ0n) is 11.9. The fraction of sp³-hybridized carbons (Fsp3) is 0.312. The minimum Gasteiger partial charge on any atom is -0.496 e. The van der Waals surface area contributed by atoms with Crippen LogP contribution in [0.4, 0.5) is 5.69 Å². The first-order chi connectivity index (χ1) is 10.2. The Bertz CT molecular complexity index is 640. The number of nitrogens with zero attached hydrogens (tertiary/aromatic N) is 1. The highest BCUT2D eigenvalue weighted by atomic mass is 32.1. The van der Waals surface area contributed by atoms with Crippen molar-refractivity contribution >= 4 is 22.9 Å². The lowest BCUT2D eigenvalue weighted by atomic mass is 10.1. The standard InChI is InChI=1S/C16H18N2O2S/c1-20-14-10-11(17)6-7-12(14)16(19)18-8-2-4-13(18)15-5-3-9-21-15/h3,5-7,9-10,13H,2,4,8,17H2,1H3. The van der Waals surface area contributed by atoms with Crippen molar-refractivity contribution in [3.05, 3.63) is 46.2 Å². The maximum absolute atomic E-state index is 12.9. The maximum atomic E-state index is 12.9. The van der Waals surface area contributed by atoms with Gasteiger partial charge in [0.1, 0.15) is 5.75 Å². The van der Waals surface area contributed by atoms with Gasteiger partial charge in [-0.05, 0) is 36.4 Å². The van der Waals surface area contributed by atoms with Gasteiger partial charge in [0.25, 0.3) is 5.91 Å². The van der Waals surface area contributed by atoms with Gasteiger partial charge < -0.3 is 15.4 Å². The highest BCUT2D eigenvalue weighted by molar-refractivity contribution is 7.10. The molecule has 4 nitrogen and oxygen atoms in total. The number of rotatable bonds is 3. The van der Waals surface area contributed by atoms with E-state index in [1.807, 2.05) is 11.0 Å². The summed E-state index contributed by atoms with van der Waals surface area (Å²) in [5.41, 5.74) is 6.93. The van der Waals surface area contributed by atoms with Gasteiger partial charge >= 0.3 is 0 Å². The number of ether oxygens (including phenoxy) is 1. The first-order valence-corrected chi connectivity index (χ1v) is 7.86. The zero-order valence-corrected chi connectivity index (χ0v) is 12.7. The number of methoxy groups -OCH3 is 1. The third kappa shape index (κ3) is 2.61. The zero-order chi connectivity index (χ0) is 14.8. The normalized spacial score (nSPS) is 18.0. The van der Waals surface area contributed by atoms with Crippen LogP contribution in [-0.4, -0.2) is 24.5 Å². The van der Waals surface area contributed by atoms with Gasteiger partial charge in [-0.1, -0.05) is 6.07 Å². The fourth-order valence-corrected chi connectivity index (χ4v) is 3.70. The molecular formula is C16H18N2O2S. The van der Waals surface area contributed by atoms with Crippen LogP contribution in [-0.2, 0) is 0 Å². The predicted molar refractivity (Wildman–Crippen MR) is 84.7 cm³/mol. The number of thiophene rings is 1. The molecule has 0 radical (unpaired) electrons. The van der Waals surface area contributed by atoms with Crippen molar-refractivity contribution in [3.63, 3.8) is 0 Å². The average molecular weight is 302 g/mol. The van der Waals surface area contributed by atoms with Crippen molar-refractivity contribution < 1.29 is 9.53 Å². The number of benzene rings is 1. The molecule has 1 aliphatic heterocycles. The average Bonchev–Trinajstić information content (AvgIpc) is 3.16. The molecule has 2 aromatic rings. The van der Waals surface area contributed by atoms with E-state index in [1.54, 1.807) is 36.6 Å². The fourth-order valence-electron chi connectivity index (χ4n) is 2.83. The van der Waals surface area contributed by atoms with Gasteiger partial charge in [0.15, 0.2) is 0 Å². The van der Waals surface area contributed by atoms with Crippen LogP contribution in [0.3, 0.4) is 0 Å². The summed E-state index contributed by atoms with van der Waals surface area (Å²) >= 11 is 1.70. The predicted octanol–water partition coefficient (Wildman–Crippen LogP) is 3.32. The molecule has 0 aliphatic carbocycles.